The maximum absolute atomic E-state index is 14.6. The van der Waals surface area contributed by atoms with Gasteiger partial charge in [-0.05, 0) is 55.7 Å². The van der Waals surface area contributed by atoms with Crippen molar-refractivity contribution < 1.29 is 22.3 Å². The van der Waals surface area contributed by atoms with Crippen LogP contribution in [0.2, 0.25) is 0 Å². The molecule has 8 nitrogen and oxygen atoms in total. The van der Waals surface area contributed by atoms with Crippen LogP contribution >= 0.6 is 0 Å². The molecule has 1 saturated carbocycles. The molecule has 1 amide bonds. The molecule has 3 aromatic rings. The molecule has 0 aliphatic heterocycles. The van der Waals surface area contributed by atoms with Gasteiger partial charge in [-0.25, -0.2) is 22.5 Å². The molecule has 168 valence electrons. The fraction of sp³-hybridized carbons (Fsp3) is 0.273. The summed E-state index contributed by atoms with van der Waals surface area (Å²) in [5.41, 5.74) is 1.09. The Bertz CT molecular complexity index is 1270. The third kappa shape index (κ3) is 4.66. The number of halogens is 1. The molecule has 0 radical (unpaired) electrons. The van der Waals surface area contributed by atoms with Crippen molar-refractivity contribution in [3.05, 3.63) is 71.6 Å². The summed E-state index contributed by atoms with van der Waals surface area (Å²) in [5, 5.41) is 2.70. The Kier molecular flexibility index (Phi) is 5.98. The fourth-order valence-corrected chi connectivity index (χ4v) is 4.78. The summed E-state index contributed by atoms with van der Waals surface area (Å²) in [4.78, 5) is 16.6. The third-order valence-corrected chi connectivity index (χ3v) is 6.71. The minimum absolute atomic E-state index is 0.0768. The molecule has 1 aliphatic rings. The molecule has 0 spiro atoms. The molecule has 0 atom stereocenters. The summed E-state index contributed by atoms with van der Waals surface area (Å²) < 4.78 is 49.2. The summed E-state index contributed by atoms with van der Waals surface area (Å²) in [5.74, 6) is -0.110. The van der Waals surface area contributed by atoms with E-state index in [-0.39, 0.29) is 28.8 Å². The van der Waals surface area contributed by atoms with E-state index in [1.54, 1.807) is 36.0 Å². The van der Waals surface area contributed by atoms with Crippen molar-refractivity contribution >= 4 is 15.9 Å². The normalized spacial score (nSPS) is 13.7. The molecular weight excluding hydrogens is 435 g/mol. The summed E-state index contributed by atoms with van der Waals surface area (Å²) in [7, 11) is -2.44. The van der Waals surface area contributed by atoms with Crippen LogP contribution in [0.3, 0.4) is 0 Å². The van der Waals surface area contributed by atoms with E-state index in [0.717, 1.165) is 12.8 Å². The molecule has 1 aliphatic carbocycles. The van der Waals surface area contributed by atoms with Crippen molar-refractivity contribution in [1.82, 2.24) is 19.6 Å². The van der Waals surface area contributed by atoms with E-state index in [9.17, 15) is 17.6 Å². The summed E-state index contributed by atoms with van der Waals surface area (Å²) in [6, 6.07) is 8.80. The van der Waals surface area contributed by atoms with Gasteiger partial charge in [0.1, 0.15) is 22.3 Å². The van der Waals surface area contributed by atoms with Crippen LogP contribution in [0, 0.1) is 12.7 Å². The van der Waals surface area contributed by atoms with Crippen molar-refractivity contribution in [2.24, 2.45) is 0 Å². The Morgan fingerprint density at radius 1 is 1.25 bits per heavy atom. The predicted octanol–water partition coefficient (Wildman–Crippen LogP) is 2.70. The van der Waals surface area contributed by atoms with E-state index in [1.165, 1.54) is 31.4 Å². The smallest absolute Gasteiger partial charge is 0.251 e. The zero-order chi connectivity index (χ0) is 22.9. The molecule has 10 heteroatoms. The molecule has 32 heavy (non-hydrogen) atoms. The number of nitrogens with zero attached hydrogens (tertiary/aromatic N) is 2. The standard InChI is InChI=1S/C22H23FN4O4S/c1-14-24-9-10-27(14)19-7-3-15(11-18(19)23)13-25-22(28)16-4-8-20(31-2)21(12-16)32(29,30)26-17-5-6-17/h3-4,7-12,17,26H,5-6,13H2,1-2H3,(H,25,28). The number of hydrogen-bond acceptors (Lipinski definition) is 5. The minimum atomic E-state index is -3.81. The van der Waals surface area contributed by atoms with Crippen LogP contribution in [0.4, 0.5) is 4.39 Å². The van der Waals surface area contributed by atoms with Crippen molar-refractivity contribution in [2.75, 3.05) is 7.11 Å². The molecular formula is C22H23FN4O4S. The van der Waals surface area contributed by atoms with Gasteiger partial charge in [0.05, 0.1) is 12.8 Å². The van der Waals surface area contributed by atoms with E-state index in [1.807, 2.05) is 0 Å². The number of imidazole rings is 1. The third-order valence-electron chi connectivity index (χ3n) is 5.16. The van der Waals surface area contributed by atoms with E-state index in [4.69, 9.17) is 4.74 Å². The average Bonchev–Trinajstić information content (AvgIpc) is 3.48. The number of rotatable bonds is 8. The van der Waals surface area contributed by atoms with Gasteiger partial charge >= 0.3 is 0 Å². The second kappa shape index (κ2) is 8.71. The number of aryl methyl sites for hydroxylation is 1. The van der Waals surface area contributed by atoms with Crippen LogP contribution in [0.15, 0.2) is 53.7 Å². The zero-order valence-electron chi connectivity index (χ0n) is 17.6. The van der Waals surface area contributed by atoms with Gasteiger partial charge in [0.25, 0.3) is 5.91 Å². The number of amides is 1. The number of methoxy groups -OCH3 is 1. The average molecular weight is 459 g/mol. The lowest BCUT2D eigenvalue weighted by Crippen LogP contribution is -2.27. The first-order valence-electron chi connectivity index (χ1n) is 10.1. The SMILES string of the molecule is COc1ccc(C(=O)NCc2ccc(-n3ccnc3C)c(F)c2)cc1S(=O)(=O)NC1CC1. The Morgan fingerprint density at radius 2 is 2.03 bits per heavy atom. The number of carbonyl (C=O) groups excluding carboxylic acids is 1. The highest BCUT2D eigenvalue weighted by atomic mass is 32.2. The highest BCUT2D eigenvalue weighted by Gasteiger charge is 2.30. The van der Waals surface area contributed by atoms with E-state index < -0.39 is 21.7 Å². The van der Waals surface area contributed by atoms with Crippen molar-refractivity contribution in [3.63, 3.8) is 0 Å². The van der Waals surface area contributed by atoms with Crippen LogP contribution in [-0.2, 0) is 16.6 Å². The van der Waals surface area contributed by atoms with Crippen LogP contribution in [0.5, 0.6) is 5.75 Å². The van der Waals surface area contributed by atoms with Gasteiger partial charge in [0.2, 0.25) is 10.0 Å². The lowest BCUT2D eigenvalue weighted by Gasteiger charge is -2.13. The minimum Gasteiger partial charge on any atom is -0.495 e. The van der Waals surface area contributed by atoms with Gasteiger partial charge in [0, 0.05) is 30.5 Å². The van der Waals surface area contributed by atoms with Crippen LogP contribution in [-0.4, -0.2) is 37.0 Å². The second-order valence-electron chi connectivity index (χ2n) is 7.57. The maximum Gasteiger partial charge on any atom is 0.251 e. The van der Waals surface area contributed by atoms with Crippen LogP contribution in [0.25, 0.3) is 5.69 Å². The molecule has 0 saturated heterocycles. The van der Waals surface area contributed by atoms with Crippen molar-refractivity contribution in [2.45, 2.75) is 37.2 Å². The second-order valence-corrected chi connectivity index (χ2v) is 9.26. The number of aromatic nitrogens is 2. The number of benzene rings is 2. The van der Waals surface area contributed by atoms with Crippen molar-refractivity contribution in [3.8, 4) is 11.4 Å². The van der Waals surface area contributed by atoms with Gasteiger partial charge in [0.15, 0.2) is 0 Å². The number of hydrogen-bond donors (Lipinski definition) is 2. The van der Waals surface area contributed by atoms with Gasteiger partial charge in [-0.2, -0.15) is 0 Å². The number of carbonyl (C=O) groups is 1. The van der Waals surface area contributed by atoms with Gasteiger partial charge in [-0.15, -0.1) is 0 Å². The molecule has 2 N–H and O–H groups in total. The fourth-order valence-electron chi connectivity index (χ4n) is 3.28. The first-order chi connectivity index (χ1) is 15.3. The molecule has 1 heterocycles. The van der Waals surface area contributed by atoms with E-state index in [0.29, 0.717) is 17.1 Å². The van der Waals surface area contributed by atoms with Crippen molar-refractivity contribution in [1.29, 1.82) is 0 Å². The van der Waals surface area contributed by atoms with Gasteiger partial charge in [-0.1, -0.05) is 6.07 Å². The number of ether oxygens (including phenoxy) is 1. The Hall–Kier alpha value is -3.24. The Morgan fingerprint density at radius 3 is 2.66 bits per heavy atom. The Balaban J connectivity index is 1.49. The van der Waals surface area contributed by atoms with E-state index in [2.05, 4.69) is 15.0 Å². The number of nitrogens with one attached hydrogen (secondary N) is 2. The summed E-state index contributed by atoms with van der Waals surface area (Å²) in [6.45, 7) is 1.85. The molecule has 1 aromatic heterocycles. The topological polar surface area (TPSA) is 102 Å². The van der Waals surface area contributed by atoms with Crippen LogP contribution in [0.1, 0.15) is 34.6 Å². The maximum atomic E-state index is 14.6. The van der Waals surface area contributed by atoms with Crippen LogP contribution < -0.4 is 14.8 Å². The molecule has 2 aromatic carbocycles. The monoisotopic (exact) mass is 458 g/mol. The van der Waals surface area contributed by atoms with Gasteiger partial charge < -0.3 is 14.6 Å². The first kappa shape index (κ1) is 22.0. The molecule has 0 unspecified atom stereocenters. The van der Waals surface area contributed by atoms with Gasteiger partial charge in [-0.3, -0.25) is 4.79 Å². The number of sulfonamides is 1. The summed E-state index contributed by atoms with van der Waals surface area (Å²) in [6.07, 6.45) is 4.84. The lowest BCUT2D eigenvalue weighted by molar-refractivity contribution is 0.0950. The molecule has 4 rings (SSSR count). The summed E-state index contributed by atoms with van der Waals surface area (Å²) >= 11 is 0. The first-order valence-corrected chi connectivity index (χ1v) is 11.5. The molecule has 0 bridgehead atoms. The zero-order valence-corrected chi connectivity index (χ0v) is 18.4. The predicted molar refractivity (Wildman–Crippen MR) is 116 cm³/mol. The lowest BCUT2D eigenvalue weighted by atomic mass is 10.1. The van der Waals surface area contributed by atoms with E-state index >= 15 is 0 Å². The largest absolute Gasteiger partial charge is 0.495 e. The Labute approximate surface area is 185 Å². The highest BCUT2D eigenvalue weighted by molar-refractivity contribution is 7.89. The molecule has 1 fully saturated rings. The highest BCUT2D eigenvalue weighted by Crippen LogP contribution is 2.28. The quantitative estimate of drug-likeness (QED) is 0.540.